The highest BCUT2D eigenvalue weighted by Gasteiger charge is 2.36. The predicted molar refractivity (Wildman–Crippen MR) is 109 cm³/mol. The van der Waals surface area contributed by atoms with E-state index in [1.165, 1.54) is 24.8 Å². The maximum Gasteiger partial charge on any atom is 0.246 e. The van der Waals surface area contributed by atoms with E-state index in [2.05, 4.69) is 21.7 Å². The lowest BCUT2D eigenvalue weighted by Crippen LogP contribution is -2.49. The molecule has 0 unspecified atom stereocenters. The smallest absolute Gasteiger partial charge is 0.246 e. The molecular formula is C21H32N4O2. The van der Waals surface area contributed by atoms with Gasteiger partial charge in [-0.15, -0.1) is 0 Å². The lowest BCUT2D eigenvalue weighted by molar-refractivity contribution is -0.117. The van der Waals surface area contributed by atoms with Gasteiger partial charge in [0.2, 0.25) is 5.91 Å². The third-order valence-electron chi connectivity index (χ3n) is 5.92. The third-order valence-corrected chi connectivity index (χ3v) is 5.92. The molecule has 27 heavy (non-hydrogen) atoms. The van der Waals surface area contributed by atoms with E-state index in [1.54, 1.807) is 14.2 Å². The number of ether oxygens (including phenoxy) is 1. The Morgan fingerprint density at radius 1 is 1.26 bits per heavy atom. The number of nitrogens with zero attached hydrogens (tertiary/aromatic N) is 2. The van der Waals surface area contributed by atoms with Gasteiger partial charge in [-0.2, -0.15) is 0 Å². The summed E-state index contributed by atoms with van der Waals surface area (Å²) in [6.07, 6.45) is 6.85. The zero-order chi connectivity index (χ0) is 19.1. The van der Waals surface area contributed by atoms with Crippen molar-refractivity contribution in [1.29, 1.82) is 0 Å². The Bertz CT molecular complexity index is 670. The molecule has 0 aromatic heterocycles. The Morgan fingerprint density at radius 2 is 2.07 bits per heavy atom. The van der Waals surface area contributed by atoms with Crippen LogP contribution in [-0.4, -0.2) is 52.3 Å². The molecule has 1 aromatic carbocycles. The molecule has 148 valence electrons. The number of anilines is 1. The third kappa shape index (κ3) is 4.80. The van der Waals surface area contributed by atoms with Crippen LogP contribution in [0.2, 0.25) is 0 Å². The van der Waals surface area contributed by atoms with E-state index < -0.39 is 0 Å². The first-order valence-electron chi connectivity index (χ1n) is 9.99. The van der Waals surface area contributed by atoms with Crippen molar-refractivity contribution in [2.24, 2.45) is 10.4 Å². The number of methoxy groups -OCH3 is 1. The minimum atomic E-state index is 0.0860. The van der Waals surface area contributed by atoms with Gasteiger partial charge >= 0.3 is 0 Å². The molecule has 0 bridgehead atoms. The van der Waals surface area contributed by atoms with Crippen LogP contribution in [0.1, 0.15) is 37.7 Å². The van der Waals surface area contributed by atoms with Gasteiger partial charge < -0.3 is 20.3 Å². The van der Waals surface area contributed by atoms with E-state index in [0.29, 0.717) is 11.4 Å². The maximum atomic E-state index is 12.8. The van der Waals surface area contributed by atoms with Gasteiger partial charge in [0.15, 0.2) is 5.96 Å². The molecule has 1 heterocycles. The van der Waals surface area contributed by atoms with E-state index in [4.69, 9.17) is 4.74 Å². The lowest BCUT2D eigenvalue weighted by Gasteiger charge is -2.42. The molecule has 0 radical (unpaired) electrons. The highest BCUT2D eigenvalue weighted by atomic mass is 16.5. The molecule has 0 atom stereocenters. The van der Waals surface area contributed by atoms with E-state index in [9.17, 15) is 4.79 Å². The normalized spacial score (nSPS) is 18.4. The lowest BCUT2D eigenvalue weighted by atomic mass is 9.67. The fraction of sp³-hybridized carbons (Fsp3) is 0.619. The molecule has 1 aliphatic carbocycles. The zero-order valence-corrected chi connectivity index (χ0v) is 16.6. The van der Waals surface area contributed by atoms with Crippen molar-refractivity contribution >= 4 is 17.6 Å². The number of aliphatic imine (C=N–C) groups is 1. The quantitative estimate of drug-likeness (QED) is 0.570. The van der Waals surface area contributed by atoms with Gasteiger partial charge in [0.1, 0.15) is 0 Å². The van der Waals surface area contributed by atoms with Crippen molar-refractivity contribution < 1.29 is 9.53 Å². The number of para-hydroxylation sites is 1. The second-order valence-electron chi connectivity index (χ2n) is 7.65. The number of rotatable bonds is 7. The van der Waals surface area contributed by atoms with E-state index in [0.717, 1.165) is 44.6 Å². The fourth-order valence-corrected chi connectivity index (χ4v) is 4.05. The van der Waals surface area contributed by atoms with Crippen molar-refractivity contribution in [3.05, 3.63) is 29.8 Å². The summed E-state index contributed by atoms with van der Waals surface area (Å²) in [4.78, 5) is 18.9. The summed E-state index contributed by atoms with van der Waals surface area (Å²) in [6, 6.07) is 8.18. The standard InChI is InChI=1S/C21H32N4O2/c1-22-20(24-16-21(10-6-11-21)12-14-27-2)23-15-19(26)25-13-5-8-17-7-3-4-9-18(17)25/h3-4,7,9H,5-6,8,10-16H2,1-2H3,(H2,22,23,24). The summed E-state index contributed by atoms with van der Waals surface area (Å²) in [5, 5.41) is 6.60. The van der Waals surface area contributed by atoms with Crippen LogP contribution >= 0.6 is 0 Å². The molecule has 1 aromatic rings. The second kappa shape index (κ2) is 9.22. The van der Waals surface area contributed by atoms with Crippen LogP contribution in [0, 0.1) is 5.41 Å². The topological polar surface area (TPSA) is 66.0 Å². The number of amides is 1. The van der Waals surface area contributed by atoms with Crippen molar-refractivity contribution in [3.63, 3.8) is 0 Å². The minimum absolute atomic E-state index is 0.0860. The Kier molecular flexibility index (Phi) is 6.72. The molecule has 2 aliphatic rings. The zero-order valence-electron chi connectivity index (χ0n) is 16.6. The molecule has 1 amide bonds. The van der Waals surface area contributed by atoms with Crippen LogP contribution in [0.15, 0.2) is 29.3 Å². The molecular weight excluding hydrogens is 340 g/mol. The highest BCUT2D eigenvalue weighted by Crippen LogP contribution is 2.43. The van der Waals surface area contributed by atoms with Gasteiger partial charge in [0, 0.05) is 39.5 Å². The predicted octanol–water partition coefficient (Wildman–Crippen LogP) is 2.34. The number of fused-ring (bicyclic) bond motifs is 1. The Hall–Kier alpha value is -2.08. The number of aryl methyl sites for hydroxylation is 1. The Labute approximate surface area is 162 Å². The van der Waals surface area contributed by atoms with Crippen molar-refractivity contribution in [2.45, 2.75) is 38.5 Å². The molecule has 1 aliphatic heterocycles. The van der Waals surface area contributed by atoms with Gasteiger partial charge in [-0.1, -0.05) is 24.6 Å². The number of benzene rings is 1. The Morgan fingerprint density at radius 3 is 2.78 bits per heavy atom. The first kappa shape index (κ1) is 19.7. The molecule has 1 fully saturated rings. The number of carbonyl (C=O) groups excluding carboxylic acids is 1. The summed E-state index contributed by atoms with van der Waals surface area (Å²) in [6.45, 7) is 2.69. The van der Waals surface area contributed by atoms with Gasteiger partial charge in [-0.25, -0.2) is 0 Å². The summed E-state index contributed by atoms with van der Waals surface area (Å²) in [5.41, 5.74) is 2.61. The minimum Gasteiger partial charge on any atom is -0.385 e. The van der Waals surface area contributed by atoms with Crippen LogP contribution in [0.25, 0.3) is 0 Å². The van der Waals surface area contributed by atoms with Crippen LogP contribution in [0.3, 0.4) is 0 Å². The summed E-state index contributed by atoms with van der Waals surface area (Å²) >= 11 is 0. The van der Waals surface area contributed by atoms with Crippen molar-refractivity contribution in [3.8, 4) is 0 Å². The van der Waals surface area contributed by atoms with E-state index >= 15 is 0 Å². The number of nitrogens with one attached hydrogen (secondary N) is 2. The van der Waals surface area contributed by atoms with E-state index in [1.807, 2.05) is 23.1 Å². The van der Waals surface area contributed by atoms with Crippen LogP contribution in [-0.2, 0) is 16.0 Å². The summed E-state index contributed by atoms with van der Waals surface area (Å²) < 4.78 is 5.26. The van der Waals surface area contributed by atoms with Gasteiger partial charge in [0.05, 0.1) is 6.54 Å². The van der Waals surface area contributed by atoms with Crippen LogP contribution < -0.4 is 15.5 Å². The molecule has 2 N–H and O–H groups in total. The fourth-order valence-electron chi connectivity index (χ4n) is 4.05. The SMILES string of the molecule is CN=C(NCC(=O)N1CCCc2ccccc21)NCC1(CCOC)CCC1. The van der Waals surface area contributed by atoms with Crippen LogP contribution in [0.4, 0.5) is 5.69 Å². The molecule has 6 heteroatoms. The summed E-state index contributed by atoms with van der Waals surface area (Å²) in [7, 11) is 3.50. The van der Waals surface area contributed by atoms with Gasteiger partial charge in [0.25, 0.3) is 0 Å². The number of carbonyl (C=O) groups is 1. The number of hydrogen-bond donors (Lipinski definition) is 2. The highest BCUT2D eigenvalue weighted by molar-refractivity contribution is 5.98. The molecule has 6 nitrogen and oxygen atoms in total. The molecule has 0 saturated heterocycles. The number of hydrogen-bond acceptors (Lipinski definition) is 3. The van der Waals surface area contributed by atoms with Gasteiger partial charge in [-0.05, 0) is 49.1 Å². The monoisotopic (exact) mass is 372 g/mol. The average molecular weight is 373 g/mol. The first-order valence-corrected chi connectivity index (χ1v) is 9.99. The van der Waals surface area contributed by atoms with Gasteiger partial charge in [-0.3, -0.25) is 9.79 Å². The van der Waals surface area contributed by atoms with E-state index in [-0.39, 0.29) is 12.5 Å². The first-order chi connectivity index (χ1) is 13.2. The average Bonchev–Trinajstić information content (AvgIpc) is 2.68. The molecule has 0 spiro atoms. The second-order valence-corrected chi connectivity index (χ2v) is 7.65. The Balaban J connectivity index is 1.50. The summed E-state index contributed by atoms with van der Waals surface area (Å²) in [5.74, 6) is 0.778. The van der Waals surface area contributed by atoms with Crippen molar-refractivity contribution in [1.82, 2.24) is 10.6 Å². The molecule has 1 saturated carbocycles. The maximum absolute atomic E-state index is 12.8. The largest absolute Gasteiger partial charge is 0.385 e. The number of guanidine groups is 1. The van der Waals surface area contributed by atoms with Crippen LogP contribution in [0.5, 0.6) is 0 Å². The molecule has 3 rings (SSSR count). The van der Waals surface area contributed by atoms with Crippen molar-refractivity contribution in [2.75, 3.05) is 45.3 Å².